The highest BCUT2D eigenvalue weighted by atomic mass is 16.5. The molecular weight excluding hydrogens is 238 g/mol. The first kappa shape index (κ1) is 12.8. The van der Waals surface area contributed by atoms with E-state index in [0.717, 1.165) is 42.5 Å². The number of hydrogen-bond donors (Lipinski definition) is 1. The minimum Gasteiger partial charge on any atom is -0.497 e. The lowest BCUT2D eigenvalue weighted by Gasteiger charge is -2.17. The Labute approximate surface area is 115 Å². The third kappa shape index (κ3) is 3.63. The Bertz CT molecular complexity index is 384. The van der Waals surface area contributed by atoms with Gasteiger partial charge in [-0.25, -0.2) is 0 Å². The van der Waals surface area contributed by atoms with Crippen molar-refractivity contribution in [2.75, 3.05) is 20.3 Å². The van der Waals surface area contributed by atoms with Crippen LogP contribution in [0.3, 0.4) is 0 Å². The van der Waals surface area contributed by atoms with E-state index >= 15 is 0 Å². The standard InChI is InChI=1S/C16H23NO2/c1-18-14-6-8-15(9-7-14)19-11-10-17-16(12-2-3-12)13-4-5-13/h6-9,12-13,16-17H,2-5,10-11H2,1H3. The summed E-state index contributed by atoms with van der Waals surface area (Å²) < 4.78 is 10.9. The van der Waals surface area contributed by atoms with E-state index in [2.05, 4.69) is 5.32 Å². The highest BCUT2D eigenvalue weighted by molar-refractivity contribution is 5.31. The van der Waals surface area contributed by atoms with Crippen molar-refractivity contribution < 1.29 is 9.47 Å². The molecule has 3 rings (SSSR count). The molecule has 19 heavy (non-hydrogen) atoms. The number of ether oxygens (including phenoxy) is 2. The first-order valence-corrected chi connectivity index (χ1v) is 7.37. The summed E-state index contributed by atoms with van der Waals surface area (Å²) in [7, 11) is 1.68. The van der Waals surface area contributed by atoms with E-state index in [1.807, 2.05) is 24.3 Å². The van der Waals surface area contributed by atoms with Gasteiger partial charge in [0.05, 0.1) is 7.11 Å². The number of rotatable bonds is 8. The van der Waals surface area contributed by atoms with E-state index in [0.29, 0.717) is 0 Å². The van der Waals surface area contributed by atoms with Gasteiger partial charge in [0, 0.05) is 12.6 Å². The van der Waals surface area contributed by atoms with Crippen LogP contribution in [0.1, 0.15) is 25.7 Å². The minimum atomic E-state index is 0.738. The van der Waals surface area contributed by atoms with Crippen LogP contribution in [0.15, 0.2) is 24.3 Å². The van der Waals surface area contributed by atoms with Crippen molar-refractivity contribution in [3.8, 4) is 11.5 Å². The largest absolute Gasteiger partial charge is 0.497 e. The van der Waals surface area contributed by atoms with Gasteiger partial charge in [0.1, 0.15) is 18.1 Å². The second kappa shape index (κ2) is 5.83. The third-order valence-electron chi connectivity index (χ3n) is 4.07. The Kier molecular flexibility index (Phi) is 3.92. The maximum atomic E-state index is 5.74. The van der Waals surface area contributed by atoms with E-state index in [1.54, 1.807) is 7.11 Å². The Hall–Kier alpha value is -1.22. The summed E-state index contributed by atoms with van der Waals surface area (Å²) in [6, 6.07) is 8.54. The van der Waals surface area contributed by atoms with Gasteiger partial charge in [-0.1, -0.05) is 0 Å². The summed E-state index contributed by atoms with van der Waals surface area (Å²) in [6.07, 6.45) is 5.70. The van der Waals surface area contributed by atoms with Crippen molar-refractivity contribution in [2.45, 2.75) is 31.7 Å². The predicted molar refractivity (Wildman–Crippen MR) is 75.7 cm³/mol. The first-order valence-electron chi connectivity index (χ1n) is 7.37. The molecule has 0 heterocycles. The molecule has 2 saturated carbocycles. The molecule has 3 nitrogen and oxygen atoms in total. The zero-order chi connectivity index (χ0) is 13.1. The maximum Gasteiger partial charge on any atom is 0.119 e. The summed E-state index contributed by atoms with van der Waals surface area (Å²) in [5.41, 5.74) is 0. The lowest BCUT2D eigenvalue weighted by Crippen LogP contribution is -2.36. The first-order chi connectivity index (χ1) is 9.36. The van der Waals surface area contributed by atoms with Crippen LogP contribution >= 0.6 is 0 Å². The van der Waals surface area contributed by atoms with E-state index in [1.165, 1.54) is 25.7 Å². The topological polar surface area (TPSA) is 30.5 Å². The molecule has 0 unspecified atom stereocenters. The molecular formula is C16H23NO2. The van der Waals surface area contributed by atoms with Crippen LogP contribution in [0.2, 0.25) is 0 Å². The second-order valence-corrected chi connectivity index (χ2v) is 5.68. The molecule has 0 amide bonds. The van der Waals surface area contributed by atoms with E-state index in [-0.39, 0.29) is 0 Å². The molecule has 0 radical (unpaired) electrons. The number of methoxy groups -OCH3 is 1. The molecule has 104 valence electrons. The monoisotopic (exact) mass is 261 g/mol. The van der Waals surface area contributed by atoms with Gasteiger partial charge in [0.2, 0.25) is 0 Å². The summed E-state index contributed by atoms with van der Waals surface area (Å²) in [4.78, 5) is 0. The summed E-state index contributed by atoms with van der Waals surface area (Å²) >= 11 is 0. The molecule has 0 spiro atoms. The third-order valence-corrected chi connectivity index (χ3v) is 4.07. The van der Waals surface area contributed by atoms with Gasteiger partial charge in [-0.15, -0.1) is 0 Å². The zero-order valence-electron chi connectivity index (χ0n) is 11.6. The fourth-order valence-corrected chi connectivity index (χ4v) is 2.70. The van der Waals surface area contributed by atoms with Crippen molar-refractivity contribution in [3.05, 3.63) is 24.3 Å². The van der Waals surface area contributed by atoms with Crippen LogP contribution < -0.4 is 14.8 Å². The van der Waals surface area contributed by atoms with Crippen LogP contribution in [-0.4, -0.2) is 26.3 Å². The minimum absolute atomic E-state index is 0.738. The second-order valence-electron chi connectivity index (χ2n) is 5.68. The van der Waals surface area contributed by atoms with Gasteiger partial charge < -0.3 is 14.8 Å². The van der Waals surface area contributed by atoms with Crippen molar-refractivity contribution in [3.63, 3.8) is 0 Å². The van der Waals surface area contributed by atoms with Crippen molar-refractivity contribution in [1.82, 2.24) is 5.32 Å². The summed E-state index contributed by atoms with van der Waals surface area (Å²) in [5.74, 6) is 3.69. The number of benzene rings is 1. The molecule has 0 bridgehead atoms. The van der Waals surface area contributed by atoms with Crippen LogP contribution in [0, 0.1) is 11.8 Å². The average Bonchev–Trinajstić information content (AvgIpc) is 3.32. The SMILES string of the molecule is COc1ccc(OCCNC(C2CC2)C2CC2)cc1. The van der Waals surface area contributed by atoms with Crippen molar-refractivity contribution in [2.24, 2.45) is 11.8 Å². The van der Waals surface area contributed by atoms with E-state index < -0.39 is 0 Å². The molecule has 1 aromatic rings. The van der Waals surface area contributed by atoms with E-state index in [9.17, 15) is 0 Å². The number of hydrogen-bond acceptors (Lipinski definition) is 3. The number of nitrogens with one attached hydrogen (secondary N) is 1. The van der Waals surface area contributed by atoms with Gasteiger partial charge in [-0.3, -0.25) is 0 Å². The molecule has 0 atom stereocenters. The van der Waals surface area contributed by atoms with E-state index in [4.69, 9.17) is 9.47 Å². The molecule has 1 N–H and O–H groups in total. The van der Waals surface area contributed by atoms with Crippen molar-refractivity contribution in [1.29, 1.82) is 0 Å². The maximum absolute atomic E-state index is 5.74. The Morgan fingerprint density at radius 3 is 2.16 bits per heavy atom. The smallest absolute Gasteiger partial charge is 0.119 e. The Balaban J connectivity index is 1.37. The Morgan fingerprint density at radius 2 is 1.63 bits per heavy atom. The van der Waals surface area contributed by atoms with Gasteiger partial charge in [-0.2, -0.15) is 0 Å². The van der Waals surface area contributed by atoms with Crippen molar-refractivity contribution >= 4 is 0 Å². The highest BCUT2D eigenvalue weighted by Crippen LogP contribution is 2.44. The zero-order valence-corrected chi connectivity index (χ0v) is 11.6. The molecule has 3 heteroatoms. The van der Waals surface area contributed by atoms with Gasteiger partial charge >= 0.3 is 0 Å². The molecule has 0 aliphatic heterocycles. The summed E-state index contributed by atoms with van der Waals surface area (Å²) in [5, 5.41) is 3.69. The van der Waals surface area contributed by atoms with Crippen LogP contribution in [0.25, 0.3) is 0 Å². The lowest BCUT2D eigenvalue weighted by molar-refractivity contribution is 0.293. The molecule has 2 aliphatic carbocycles. The fourth-order valence-electron chi connectivity index (χ4n) is 2.70. The van der Waals surface area contributed by atoms with Gasteiger partial charge in [0.25, 0.3) is 0 Å². The normalized spacial score (nSPS) is 18.6. The fraction of sp³-hybridized carbons (Fsp3) is 0.625. The molecule has 0 saturated heterocycles. The molecule has 2 fully saturated rings. The quantitative estimate of drug-likeness (QED) is 0.730. The van der Waals surface area contributed by atoms with Gasteiger partial charge in [-0.05, 0) is 61.8 Å². The summed E-state index contributed by atoms with van der Waals surface area (Å²) in [6.45, 7) is 1.69. The molecule has 0 aromatic heterocycles. The average molecular weight is 261 g/mol. The molecule has 1 aromatic carbocycles. The van der Waals surface area contributed by atoms with Crippen LogP contribution in [0.4, 0.5) is 0 Å². The Morgan fingerprint density at radius 1 is 1.05 bits per heavy atom. The van der Waals surface area contributed by atoms with Crippen LogP contribution in [0.5, 0.6) is 11.5 Å². The predicted octanol–water partition coefficient (Wildman–Crippen LogP) is 2.85. The van der Waals surface area contributed by atoms with Crippen LogP contribution in [-0.2, 0) is 0 Å². The lowest BCUT2D eigenvalue weighted by atomic mass is 10.1. The molecule has 2 aliphatic rings. The highest BCUT2D eigenvalue weighted by Gasteiger charge is 2.40. The van der Waals surface area contributed by atoms with Gasteiger partial charge in [0.15, 0.2) is 0 Å².